The van der Waals surface area contributed by atoms with Gasteiger partial charge in [-0.2, -0.15) is 0 Å². The van der Waals surface area contributed by atoms with Gasteiger partial charge in [0.2, 0.25) is 0 Å². The number of benzene rings is 5. The predicted octanol–water partition coefficient (Wildman–Crippen LogP) is 11.2. The van der Waals surface area contributed by atoms with Crippen molar-refractivity contribution in [3.05, 3.63) is 163 Å². The predicted molar refractivity (Wildman–Crippen MR) is 225 cm³/mol. The molecule has 0 fully saturated rings. The highest BCUT2D eigenvalue weighted by molar-refractivity contribution is 5.93. The van der Waals surface area contributed by atoms with Gasteiger partial charge in [0.1, 0.15) is 0 Å². The molecule has 0 aliphatic rings. The molecule has 0 saturated carbocycles. The van der Waals surface area contributed by atoms with Gasteiger partial charge >= 0.3 is 23.9 Å². The topological polar surface area (TPSA) is 105 Å². The van der Waals surface area contributed by atoms with E-state index in [0.29, 0.717) is 5.56 Å². The lowest BCUT2D eigenvalue weighted by Gasteiger charge is -2.17. The van der Waals surface area contributed by atoms with Gasteiger partial charge in [-0.25, -0.2) is 19.2 Å². The molecule has 8 nitrogen and oxygen atoms in total. The van der Waals surface area contributed by atoms with Gasteiger partial charge in [0, 0.05) is 22.3 Å². The van der Waals surface area contributed by atoms with Crippen LogP contribution >= 0.6 is 0 Å². The molecule has 0 amide bonds. The van der Waals surface area contributed by atoms with Crippen molar-refractivity contribution in [2.45, 2.75) is 34.6 Å². The molecule has 0 spiro atoms. The van der Waals surface area contributed by atoms with E-state index in [1.54, 1.807) is 36.4 Å². The standard InChI is InChI=1S/C49H42O8/c1-11-33-25-44(56-48(52)30(6)7)45(57-49(53)31(8)9)27-41(33)40-22-20-38(24-32(40)10)36-16-12-34(13-17-36)35-14-18-37(19-15-35)39-21-23-42(54-46(50)28(2)3)43(26-39)55-47(51)29(4)5/h11-27H,1-2,4,6,8H2,3,5,7,9-10H3. The van der Waals surface area contributed by atoms with E-state index in [9.17, 15) is 19.2 Å². The number of hydrogen-bond acceptors (Lipinski definition) is 8. The van der Waals surface area contributed by atoms with E-state index in [0.717, 1.165) is 50.1 Å². The fraction of sp³-hybridized carbons (Fsp3) is 0.102. The highest BCUT2D eigenvalue weighted by Gasteiger charge is 2.20. The van der Waals surface area contributed by atoms with Crippen molar-refractivity contribution in [1.29, 1.82) is 0 Å². The van der Waals surface area contributed by atoms with E-state index >= 15 is 0 Å². The zero-order valence-corrected chi connectivity index (χ0v) is 32.6. The second-order valence-corrected chi connectivity index (χ2v) is 13.6. The molecule has 5 aromatic rings. The maximum atomic E-state index is 12.5. The van der Waals surface area contributed by atoms with Gasteiger partial charge in [-0.15, -0.1) is 0 Å². The van der Waals surface area contributed by atoms with Gasteiger partial charge in [0.15, 0.2) is 23.0 Å². The number of carbonyl (C=O) groups is 4. The van der Waals surface area contributed by atoms with Crippen molar-refractivity contribution < 1.29 is 38.1 Å². The Bertz CT molecular complexity index is 2500. The van der Waals surface area contributed by atoms with Crippen LogP contribution in [0.5, 0.6) is 23.0 Å². The van der Waals surface area contributed by atoms with Gasteiger partial charge in [-0.05, 0) is 115 Å². The molecule has 0 atom stereocenters. The van der Waals surface area contributed by atoms with Gasteiger partial charge in [0.25, 0.3) is 0 Å². The lowest BCUT2D eigenvalue weighted by atomic mass is 9.92. The average Bonchev–Trinajstić information content (AvgIpc) is 3.18. The highest BCUT2D eigenvalue weighted by atomic mass is 16.6. The fourth-order valence-corrected chi connectivity index (χ4v) is 5.59. The molecule has 57 heavy (non-hydrogen) atoms. The number of hydrogen-bond donors (Lipinski definition) is 0. The van der Waals surface area contributed by atoms with Crippen LogP contribution in [0.2, 0.25) is 0 Å². The summed E-state index contributed by atoms with van der Waals surface area (Å²) in [5.41, 5.74) is 9.66. The highest BCUT2D eigenvalue weighted by Crippen LogP contribution is 2.40. The number of esters is 4. The van der Waals surface area contributed by atoms with Crippen LogP contribution in [0, 0.1) is 6.92 Å². The third kappa shape index (κ3) is 9.68. The van der Waals surface area contributed by atoms with Crippen LogP contribution in [0.1, 0.15) is 38.8 Å². The summed E-state index contributed by atoms with van der Waals surface area (Å²) in [6, 6.07) is 30.5. The summed E-state index contributed by atoms with van der Waals surface area (Å²) >= 11 is 0. The fourth-order valence-electron chi connectivity index (χ4n) is 5.59. The lowest BCUT2D eigenvalue weighted by Crippen LogP contribution is -2.13. The summed E-state index contributed by atoms with van der Waals surface area (Å²) in [7, 11) is 0. The molecular weight excluding hydrogens is 717 g/mol. The van der Waals surface area contributed by atoms with Crippen LogP contribution in [0.3, 0.4) is 0 Å². The Hall–Kier alpha value is -7.32. The maximum absolute atomic E-state index is 12.5. The smallest absolute Gasteiger partial charge is 0.338 e. The molecule has 0 N–H and O–H groups in total. The second kappa shape index (κ2) is 17.4. The summed E-state index contributed by atoms with van der Waals surface area (Å²) in [4.78, 5) is 49.5. The maximum Gasteiger partial charge on any atom is 0.338 e. The Morgan fingerprint density at radius 1 is 0.421 bits per heavy atom. The van der Waals surface area contributed by atoms with Gasteiger partial charge in [-0.3, -0.25) is 0 Å². The average molecular weight is 759 g/mol. The minimum atomic E-state index is -0.654. The van der Waals surface area contributed by atoms with E-state index < -0.39 is 23.9 Å². The summed E-state index contributed by atoms with van der Waals surface area (Å²) in [6.07, 6.45) is 1.65. The first-order valence-electron chi connectivity index (χ1n) is 17.8. The molecule has 0 aromatic heterocycles. The number of rotatable bonds is 13. The quantitative estimate of drug-likeness (QED) is 0.0664. The molecule has 0 aliphatic carbocycles. The third-order valence-electron chi connectivity index (χ3n) is 8.77. The molecule has 0 saturated heterocycles. The van der Waals surface area contributed by atoms with Crippen LogP contribution in [0.15, 0.2) is 152 Å². The summed E-state index contributed by atoms with van der Waals surface area (Å²) in [6.45, 7) is 26.6. The minimum Gasteiger partial charge on any atom is -0.419 e. The third-order valence-corrected chi connectivity index (χ3v) is 8.77. The Kier molecular flexibility index (Phi) is 12.5. The van der Waals surface area contributed by atoms with E-state index in [1.165, 1.54) is 27.7 Å². The van der Waals surface area contributed by atoms with Crippen LogP contribution in [0.25, 0.3) is 50.6 Å². The van der Waals surface area contributed by atoms with Gasteiger partial charge < -0.3 is 18.9 Å². The second-order valence-electron chi connectivity index (χ2n) is 13.6. The SMILES string of the molecule is C=Cc1cc(OC(=O)C(=C)C)c(OC(=O)C(=C)C)cc1-c1ccc(-c2ccc(-c3ccc(-c4ccc(OC(=O)C(=C)C)c(OC(=O)C(=C)C)c4)cc3)cc2)cc1C. The zero-order chi connectivity index (χ0) is 41.6. The van der Waals surface area contributed by atoms with Crippen molar-refractivity contribution in [2.24, 2.45) is 0 Å². The first-order valence-corrected chi connectivity index (χ1v) is 17.8. The summed E-state index contributed by atoms with van der Waals surface area (Å²) in [5.74, 6) is -2.26. The largest absolute Gasteiger partial charge is 0.419 e. The van der Waals surface area contributed by atoms with Crippen LogP contribution in [-0.4, -0.2) is 23.9 Å². The number of aryl methyl sites for hydroxylation is 1. The van der Waals surface area contributed by atoms with Crippen LogP contribution < -0.4 is 18.9 Å². The molecule has 8 heteroatoms. The first kappa shape index (κ1) is 40.9. The van der Waals surface area contributed by atoms with E-state index in [1.807, 2.05) is 43.3 Å². The first-order chi connectivity index (χ1) is 27.1. The van der Waals surface area contributed by atoms with Crippen molar-refractivity contribution in [2.75, 3.05) is 0 Å². The molecule has 0 radical (unpaired) electrons. The van der Waals surface area contributed by atoms with Crippen LogP contribution in [0.4, 0.5) is 0 Å². The van der Waals surface area contributed by atoms with Crippen molar-refractivity contribution in [3.8, 4) is 67.5 Å². The number of ether oxygens (including phenoxy) is 4. The molecular formula is C49H42O8. The molecule has 5 aromatic carbocycles. The summed E-state index contributed by atoms with van der Waals surface area (Å²) in [5, 5.41) is 0. The molecule has 0 bridgehead atoms. The van der Waals surface area contributed by atoms with E-state index in [4.69, 9.17) is 18.9 Å². The van der Waals surface area contributed by atoms with Gasteiger partial charge in [0.05, 0.1) is 0 Å². The molecule has 286 valence electrons. The Morgan fingerprint density at radius 3 is 1.16 bits per heavy atom. The molecule has 0 heterocycles. The Morgan fingerprint density at radius 2 is 0.754 bits per heavy atom. The molecule has 0 unspecified atom stereocenters. The molecule has 5 rings (SSSR count). The minimum absolute atomic E-state index is 0.0634. The monoisotopic (exact) mass is 758 g/mol. The zero-order valence-electron chi connectivity index (χ0n) is 32.6. The van der Waals surface area contributed by atoms with Gasteiger partial charge in [-0.1, -0.05) is 112 Å². The summed E-state index contributed by atoms with van der Waals surface area (Å²) < 4.78 is 22.0. The normalized spacial score (nSPS) is 10.5. The van der Waals surface area contributed by atoms with Crippen molar-refractivity contribution in [1.82, 2.24) is 0 Å². The Balaban J connectivity index is 1.40. The van der Waals surface area contributed by atoms with E-state index in [2.05, 4.69) is 63.2 Å². The van der Waals surface area contributed by atoms with Crippen molar-refractivity contribution >= 4 is 30.0 Å². The molecule has 0 aliphatic heterocycles. The van der Waals surface area contributed by atoms with Crippen molar-refractivity contribution in [3.63, 3.8) is 0 Å². The number of carbonyl (C=O) groups excluding carboxylic acids is 4. The van der Waals surface area contributed by atoms with E-state index in [-0.39, 0.29) is 45.3 Å². The Labute approximate surface area is 332 Å². The van der Waals surface area contributed by atoms with Crippen LogP contribution in [-0.2, 0) is 19.2 Å². The lowest BCUT2D eigenvalue weighted by molar-refractivity contribution is -0.132.